The summed E-state index contributed by atoms with van der Waals surface area (Å²) in [7, 11) is 0. The minimum atomic E-state index is 0.128. The molecule has 25 heavy (non-hydrogen) atoms. The average Bonchev–Trinajstić information content (AvgIpc) is 3.24. The lowest BCUT2D eigenvalue weighted by molar-refractivity contribution is 0.368. The van der Waals surface area contributed by atoms with Gasteiger partial charge in [-0.1, -0.05) is 50.2 Å². The fourth-order valence-electron chi connectivity index (χ4n) is 3.45. The first kappa shape index (κ1) is 15.8. The van der Waals surface area contributed by atoms with Crippen LogP contribution in [0.5, 0.6) is 0 Å². The molecule has 0 aliphatic rings. The van der Waals surface area contributed by atoms with Crippen molar-refractivity contribution in [3.8, 4) is 11.1 Å². The Bertz CT molecular complexity index is 1000. The first-order valence-corrected chi connectivity index (χ1v) is 8.76. The summed E-state index contributed by atoms with van der Waals surface area (Å²) in [6.07, 6.45) is 1.85. The molecule has 0 radical (unpaired) electrons. The van der Waals surface area contributed by atoms with Crippen molar-refractivity contribution in [2.45, 2.75) is 26.7 Å². The second-order valence-electron chi connectivity index (χ2n) is 6.97. The second kappa shape index (κ2) is 6.29. The summed E-state index contributed by atoms with van der Waals surface area (Å²) in [5.74, 6) is 3.37. The van der Waals surface area contributed by atoms with E-state index < -0.39 is 0 Å². The molecule has 2 aromatic carbocycles. The van der Waals surface area contributed by atoms with Gasteiger partial charge in [0.1, 0.15) is 17.3 Å². The van der Waals surface area contributed by atoms with Crippen LogP contribution in [0.15, 0.2) is 75.8 Å². The number of furan rings is 2. The minimum Gasteiger partial charge on any atom is -0.468 e. The van der Waals surface area contributed by atoms with Crippen LogP contribution in [-0.4, -0.2) is 0 Å². The molecule has 0 aliphatic carbocycles. The Balaban J connectivity index is 1.72. The van der Waals surface area contributed by atoms with Gasteiger partial charge in [0.05, 0.1) is 12.2 Å². The van der Waals surface area contributed by atoms with Gasteiger partial charge in [-0.25, -0.2) is 0 Å². The van der Waals surface area contributed by atoms with Crippen LogP contribution in [0.1, 0.15) is 37.0 Å². The lowest BCUT2D eigenvalue weighted by atomic mass is 9.90. The molecule has 0 fully saturated rings. The summed E-state index contributed by atoms with van der Waals surface area (Å²) in [5.41, 5.74) is 2.28. The van der Waals surface area contributed by atoms with Crippen molar-refractivity contribution in [3.05, 3.63) is 84.2 Å². The van der Waals surface area contributed by atoms with Crippen molar-refractivity contribution in [1.29, 1.82) is 0 Å². The van der Waals surface area contributed by atoms with Crippen LogP contribution in [0.3, 0.4) is 0 Å². The Morgan fingerprint density at radius 1 is 0.760 bits per heavy atom. The van der Waals surface area contributed by atoms with Gasteiger partial charge in [0, 0.05) is 5.56 Å². The van der Waals surface area contributed by atoms with Gasteiger partial charge in [0.25, 0.3) is 0 Å². The van der Waals surface area contributed by atoms with E-state index in [4.69, 9.17) is 8.83 Å². The molecular formula is C23H22O2. The third kappa shape index (κ3) is 3.00. The molecule has 1 atom stereocenters. The van der Waals surface area contributed by atoms with Crippen molar-refractivity contribution in [2.24, 2.45) is 5.92 Å². The van der Waals surface area contributed by atoms with Crippen molar-refractivity contribution < 1.29 is 8.83 Å². The summed E-state index contributed by atoms with van der Waals surface area (Å²) in [6.45, 7) is 6.37. The smallest absolute Gasteiger partial charge is 0.115 e. The first-order valence-electron chi connectivity index (χ1n) is 8.76. The first-order chi connectivity index (χ1) is 12.1. The summed E-state index contributed by atoms with van der Waals surface area (Å²) in [5, 5.41) is 2.49. The number of hydrogen-bond acceptors (Lipinski definition) is 2. The predicted molar refractivity (Wildman–Crippen MR) is 102 cm³/mol. The van der Waals surface area contributed by atoms with Crippen LogP contribution in [0.25, 0.3) is 21.9 Å². The molecule has 4 rings (SSSR count). The van der Waals surface area contributed by atoms with Gasteiger partial charge in [-0.15, -0.1) is 0 Å². The van der Waals surface area contributed by atoms with E-state index in [1.165, 1.54) is 16.3 Å². The van der Waals surface area contributed by atoms with E-state index in [2.05, 4.69) is 68.4 Å². The molecule has 1 unspecified atom stereocenters. The van der Waals surface area contributed by atoms with Crippen molar-refractivity contribution >= 4 is 10.8 Å². The van der Waals surface area contributed by atoms with E-state index >= 15 is 0 Å². The monoisotopic (exact) mass is 330 g/mol. The maximum Gasteiger partial charge on any atom is 0.115 e. The topological polar surface area (TPSA) is 26.3 Å². The number of hydrogen-bond donors (Lipinski definition) is 0. The molecule has 4 aromatic rings. The van der Waals surface area contributed by atoms with Gasteiger partial charge in [-0.3, -0.25) is 0 Å². The van der Waals surface area contributed by atoms with Crippen molar-refractivity contribution in [1.82, 2.24) is 0 Å². The van der Waals surface area contributed by atoms with E-state index in [-0.39, 0.29) is 5.92 Å². The zero-order valence-corrected chi connectivity index (χ0v) is 14.8. The fourth-order valence-corrected chi connectivity index (χ4v) is 3.45. The fraction of sp³-hybridized carbons (Fsp3) is 0.217. The second-order valence-corrected chi connectivity index (χ2v) is 6.97. The molecule has 0 bridgehead atoms. The van der Waals surface area contributed by atoms with E-state index in [9.17, 15) is 0 Å². The molecule has 0 N–H and O–H groups in total. The van der Waals surface area contributed by atoms with Crippen LogP contribution in [0.2, 0.25) is 0 Å². The number of rotatable bonds is 4. The third-order valence-electron chi connectivity index (χ3n) is 4.74. The van der Waals surface area contributed by atoms with Gasteiger partial charge in [-0.05, 0) is 53.4 Å². The summed E-state index contributed by atoms with van der Waals surface area (Å²) >= 11 is 0. The van der Waals surface area contributed by atoms with Gasteiger partial charge >= 0.3 is 0 Å². The molecule has 0 saturated heterocycles. The van der Waals surface area contributed by atoms with Crippen molar-refractivity contribution in [2.75, 3.05) is 0 Å². The Kier molecular flexibility index (Phi) is 3.96. The highest BCUT2D eigenvalue weighted by Crippen LogP contribution is 2.36. The Hall–Kier alpha value is -2.74. The molecule has 2 aromatic heterocycles. The van der Waals surface area contributed by atoms with Gasteiger partial charge in [0.15, 0.2) is 0 Å². The number of fused-ring (bicyclic) bond motifs is 1. The third-order valence-corrected chi connectivity index (χ3v) is 4.74. The quantitative estimate of drug-likeness (QED) is 0.412. The van der Waals surface area contributed by atoms with Gasteiger partial charge in [-0.2, -0.15) is 0 Å². The Morgan fingerprint density at radius 3 is 2.28 bits per heavy atom. The van der Waals surface area contributed by atoms with Crippen LogP contribution in [0.4, 0.5) is 0 Å². The highest BCUT2D eigenvalue weighted by Gasteiger charge is 2.25. The van der Waals surface area contributed by atoms with Crippen LogP contribution in [-0.2, 0) is 0 Å². The SMILES string of the molecule is Cc1ccc(C(c2cc(-c3ccc4ccccc4c3)co2)C(C)C)o1. The zero-order chi connectivity index (χ0) is 17.4. The molecule has 126 valence electrons. The average molecular weight is 330 g/mol. The largest absolute Gasteiger partial charge is 0.468 e. The Labute approximate surface area is 148 Å². The minimum absolute atomic E-state index is 0.128. The maximum atomic E-state index is 5.96. The molecule has 2 heteroatoms. The van der Waals surface area contributed by atoms with Crippen LogP contribution in [0, 0.1) is 12.8 Å². The predicted octanol–water partition coefficient (Wildman–Crippen LogP) is 6.79. The molecule has 0 aliphatic heterocycles. The van der Waals surface area contributed by atoms with Crippen molar-refractivity contribution in [3.63, 3.8) is 0 Å². The molecule has 2 nitrogen and oxygen atoms in total. The highest BCUT2D eigenvalue weighted by atomic mass is 16.4. The molecule has 0 saturated carbocycles. The molecule has 0 spiro atoms. The normalized spacial score (nSPS) is 12.8. The highest BCUT2D eigenvalue weighted by molar-refractivity contribution is 5.87. The summed E-state index contributed by atoms with van der Waals surface area (Å²) in [6, 6.07) is 21.1. The van der Waals surface area contributed by atoms with Crippen LogP contribution >= 0.6 is 0 Å². The van der Waals surface area contributed by atoms with Gasteiger partial charge in [0.2, 0.25) is 0 Å². The van der Waals surface area contributed by atoms with Crippen LogP contribution < -0.4 is 0 Å². The summed E-state index contributed by atoms with van der Waals surface area (Å²) < 4.78 is 11.8. The number of benzene rings is 2. The van der Waals surface area contributed by atoms with E-state index in [1.807, 2.05) is 19.3 Å². The lowest BCUT2D eigenvalue weighted by Crippen LogP contribution is -2.06. The van der Waals surface area contributed by atoms with Gasteiger partial charge < -0.3 is 8.83 Å². The number of aryl methyl sites for hydroxylation is 1. The lowest BCUT2D eigenvalue weighted by Gasteiger charge is -2.15. The maximum absolute atomic E-state index is 5.96. The standard InChI is InChI=1S/C23H22O2/c1-15(2)23(21-11-8-16(3)25-21)22-13-20(14-24-22)19-10-9-17-6-4-5-7-18(17)12-19/h4-15,23H,1-3H3. The molecule has 0 amide bonds. The van der Waals surface area contributed by atoms with E-state index in [0.29, 0.717) is 5.92 Å². The van der Waals surface area contributed by atoms with E-state index in [0.717, 1.165) is 22.8 Å². The molecule has 2 heterocycles. The summed E-state index contributed by atoms with van der Waals surface area (Å²) in [4.78, 5) is 0. The Morgan fingerprint density at radius 2 is 1.56 bits per heavy atom. The van der Waals surface area contributed by atoms with E-state index in [1.54, 1.807) is 0 Å². The molecular weight excluding hydrogens is 308 g/mol. The zero-order valence-electron chi connectivity index (χ0n) is 14.8.